The molecule has 0 spiro atoms. The van der Waals surface area contributed by atoms with Crippen molar-refractivity contribution in [2.24, 2.45) is 0 Å². The van der Waals surface area contributed by atoms with Gasteiger partial charge in [-0.15, -0.1) is 0 Å². The predicted octanol–water partition coefficient (Wildman–Crippen LogP) is 19.3. The molecule has 2 nitrogen and oxygen atoms in total. The van der Waals surface area contributed by atoms with Crippen LogP contribution in [0.1, 0.15) is 322 Å². The molecule has 338 valence electrons. The summed E-state index contributed by atoms with van der Waals surface area (Å²) in [5.41, 5.74) is 0. The van der Waals surface area contributed by atoms with E-state index in [1.54, 1.807) is 5.82 Å². The van der Waals surface area contributed by atoms with Crippen LogP contribution in [-0.2, 0) is 19.5 Å². The highest BCUT2D eigenvalue weighted by molar-refractivity contribution is 4.84. The predicted molar refractivity (Wildman–Crippen MR) is 258 cm³/mol. The molecule has 0 fully saturated rings. The Morgan fingerprint density at radius 3 is 0.842 bits per heavy atom. The van der Waals surface area contributed by atoms with Crippen molar-refractivity contribution in [1.29, 1.82) is 0 Å². The molecule has 0 atom stereocenters. The van der Waals surface area contributed by atoms with Gasteiger partial charge >= 0.3 is 0 Å². The molecule has 0 aliphatic rings. The van der Waals surface area contributed by atoms with Gasteiger partial charge in [0.05, 0.1) is 13.1 Å². The molecule has 0 aliphatic carbocycles. The molecule has 1 aromatic heterocycles. The molecule has 0 saturated carbocycles. The van der Waals surface area contributed by atoms with Crippen LogP contribution in [0.3, 0.4) is 0 Å². The molecule has 1 heterocycles. The molecule has 0 aliphatic heterocycles. The summed E-state index contributed by atoms with van der Waals surface area (Å²) in [6, 6.07) is 0. The maximum atomic E-state index is 2.66. The largest absolute Gasteiger partial charge is 0.256 e. The first-order valence-electron chi connectivity index (χ1n) is 27.4. The molecule has 1 rings (SSSR count). The van der Waals surface area contributed by atoms with Crippen LogP contribution < -0.4 is 4.57 Å². The molecule has 0 unspecified atom stereocenters. The van der Waals surface area contributed by atoms with Crippen molar-refractivity contribution in [3.63, 3.8) is 0 Å². The molecular formula is C55H109N2+. The zero-order valence-electron chi connectivity index (χ0n) is 40.2. The van der Waals surface area contributed by atoms with Gasteiger partial charge in [-0.1, -0.05) is 284 Å². The van der Waals surface area contributed by atoms with Gasteiger partial charge < -0.3 is 0 Å². The van der Waals surface area contributed by atoms with Gasteiger partial charge in [0.2, 0.25) is 0 Å². The number of rotatable bonds is 49. The zero-order chi connectivity index (χ0) is 40.8. The summed E-state index contributed by atoms with van der Waals surface area (Å²) < 4.78 is 5.33. The number of imidazole rings is 1. The average Bonchev–Trinajstić information content (AvgIpc) is 3.61. The summed E-state index contributed by atoms with van der Waals surface area (Å²) in [4.78, 5) is 0. The van der Waals surface area contributed by atoms with Crippen molar-refractivity contribution in [3.8, 4) is 0 Å². The molecule has 57 heavy (non-hydrogen) atoms. The number of aromatic nitrogens is 2. The fourth-order valence-electron chi connectivity index (χ4n) is 9.33. The highest BCUT2D eigenvalue weighted by Crippen LogP contribution is 2.18. The number of nitrogens with zero attached hydrogens (tertiary/aromatic N) is 2. The van der Waals surface area contributed by atoms with E-state index in [1.165, 1.54) is 315 Å². The van der Waals surface area contributed by atoms with Crippen LogP contribution >= 0.6 is 0 Å². The Bertz CT molecular complexity index is 872. The molecule has 0 aromatic carbocycles. The second-order valence-electron chi connectivity index (χ2n) is 19.1. The fraction of sp³-hybridized carbons (Fsp3) is 0.945. The van der Waals surface area contributed by atoms with E-state index < -0.39 is 0 Å². The van der Waals surface area contributed by atoms with Gasteiger partial charge in [-0.3, -0.25) is 0 Å². The molecule has 0 N–H and O–H groups in total. The lowest BCUT2D eigenvalue weighted by Gasteiger charge is -2.07. The fourth-order valence-corrected chi connectivity index (χ4v) is 9.33. The highest BCUT2D eigenvalue weighted by Gasteiger charge is 2.16. The summed E-state index contributed by atoms with van der Waals surface area (Å²) in [7, 11) is 0. The molecule has 0 radical (unpaired) electrons. The Balaban J connectivity index is 2.23. The second-order valence-corrected chi connectivity index (χ2v) is 19.1. The van der Waals surface area contributed by atoms with Crippen LogP contribution in [0.2, 0.25) is 0 Å². The van der Waals surface area contributed by atoms with Gasteiger partial charge in [0.25, 0.3) is 5.82 Å². The summed E-state index contributed by atoms with van der Waals surface area (Å²) in [6.07, 6.45) is 72.8. The third-order valence-electron chi connectivity index (χ3n) is 13.3. The Labute approximate surface area is 361 Å². The topological polar surface area (TPSA) is 8.81 Å². The molecule has 1 aromatic rings. The molecule has 0 saturated heterocycles. The van der Waals surface area contributed by atoms with Crippen molar-refractivity contribution in [3.05, 3.63) is 18.2 Å². The minimum atomic E-state index is 1.23. The smallest absolute Gasteiger partial charge is 0.234 e. The SMILES string of the molecule is CCCCCCCCCCCCCCCCCCCn1cc[n+](CCCCCCCCCCCCCCCCCC)c1CCCCCCCCCCCCCCC. The van der Waals surface area contributed by atoms with Crippen LogP contribution in [0.25, 0.3) is 0 Å². The lowest BCUT2D eigenvalue weighted by Crippen LogP contribution is -2.37. The van der Waals surface area contributed by atoms with Crippen molar-refractivity contribution in [2.75, 3.05) is 0 Å². The monoisotopic (exact) mass is 798 g/mol. The normalized spacial score (nSPS) is 11.7. The van der Waals surface area contributed by atoms with Gasteiger partial charge in [0, 0.05) is 6.42 Å². The second kappa shape index (κ2) is 46.3. The molecule has 0 bridgehead atoms. The molecular weight excluding hydrogens is 689 g/mol. The van der Waals surface area contributed by atoms with E-state index in [9.17, 15) is 0 Å². The maximum absolute atomic E-state index is 2.66. The first-order valence-corrected chi connectivity index (χ1v) is 27.4. The van der Waals surface area contributed by atoms with Crippen LogP contribution in [0.15, 0.2) is 12.4 Å². The van der Waals surface area contributed by atoms with Gasteiger partial charge in [0.15, 0.2) is 0 Å². The number of unbranched alkanes of at least 4 members (excludes halogenated alkanes) is 43. The summed E-state index contributed by atoms with van der Waals surface area (Å²) in [6.45, 7) is 9.42. The third kappa shape index (κ3) is 37.9. The first-order chi connectivity index (χ1) is 28.3. The Morgan fingerprint density at radius 1 is 0.298 bits per heavy atom. The van der Waals surface area contributed by atoms with E-state index in [1.807, 2.05) is 0 Å². The van der Waals surface area contributed by atoms with E-state index in [-0.39, 0.29) is 0 Å². The van der Waals surface area contributed by atoms with Crippen molar-refractivity contribution < 1.29 is 4.57 Å². The average molecular weight is 798 g/mol. The summed E-state index contributed by atoms with van der Waals surface area (Å²) in [5.74, 6) is 1.63. The van der Waals surface area contributed by atoms with E-state index in [0.717, 1.165) is 0 Å². The quantitative estimate of drug-likeness (QED) is 0.0459. The first kappa shape index (κ1) is 54.2. The number of hydrogen-bond donors (Lipinski definition) is 0. The van der Waals surface area contributed by atoms with Crippen LogP contribution in [0.4, 0.5) is 0 Å². The van der Waals surface area contributed by atoms with E-state index >= 15 is 0 Å². The zero-order valence-corrected chi connectivity index (χ0v) is 40.2. The lowest BCUT2D eigenvalue weighted by atomic mass is 10.0. The van der Waals surface area contributed by atoms with Gasteiger partial charge in [-0.05, 0) is 32.1 Å². The number of hydrogen-bond acceptors (Lipinski definition) is 0. The van der Waals surface area contributed by atoms with Crippen molar-refractivity contribution >= 4 is 0 Å². The lowest BCUT2D eigenvalue weighted by molar-refractivity contribution is -0.704. The molecule has 2 heteroatoms. The van der Waals surface area contributed by atoms with E-state index in [4.69, 9.17) is 0 Å². The van der Waals surface area contributed by atoms with Gasteiger partial charge in [-0.2, -0.15) is 0 Å². The third-order valence-corrected chi connectivity index (χ3v) is 13.3. The number of aryl methyl sites for hydroxylation is 2. The Morgan fingerprint density at radius 2 is 0.544 bits per heavy atom. The Kier molecular flexibility index (Phi) is 44.0. The van der Waals surface area contributed by atoms with Crippen LogP contribution in [0.5, 0.6) is 0 Å². The van der Waals surface area contributed by atoms with Crippen LogP contribution in [-0.4, -0.2) is 4.57 Å². The van der Waals surface area contributed by atoms with Crippen molar-refractivity contribution in [1.82, 2.24) is 4.57 Å². The summed E-state index contributed by atoms with van der Waals surface area (Å²) >= 11 is 0. The van der Waals surface area contributed by atoms with Gasteiger partial charge in [-0.25, -0.2) is 9.13 Å². The minimum absolute atomic E-state index is 1.23. The highest BCUT2D eigenvalue weighted by atomic mass is 15.1. The standard InChI is InChI=1S/C55H109N2/c1-4-7-10-13-16-19-22-25-27-29-31-34-37-40-43-46-49-52-57-54-53-56(55(57)50-47-44-41-38-35-32-24-21-18-15-12-9-6-3)51-48-45-42-39-36-33-30-28-26-23-20-17-14-11-8-5-2/h53-54H,4-52H2,1-3H3/q+1. The Hall–Kier alpha value is -0.790. The van der Waals surface area contributed by atoms with Crippen LogP contribution in [0, 0.1) is 0 Å². The van der Waals surface area contributed by atoms with Crippen molar-refractivity contribution in [2.45, 2.75) is 336 Å². The van der Waals surface area contributed by atoms with E-state index in [0.29, 0.717) is 0 Å². The maximum Gasteiger partial charge on any atom is 0.256 e. The van der Waals surface area contributed by atoms with Gasteiger partial charge in [0.1, 0.15) is 12.4 Å². The molecule has 0 amide bonds. The van der Waals surface area contributed by atoms with E-state index in [2.05, 4.69) is 42.3 Å². The minimum Gasteiger partial charge on any atom is -0.234 e. The summed E-state index contributed by atoms with van der Waals surface area (Å²) in [5, 5.41) is 0.